The normalized spacial score (nSPS) is 13.6. The van der Waals surface area contributed by atoms with Crippen LogP contribution in [0.25, 0.3) is 0 Å². The van der Waals surface area contributed by atoms with Crippen molar-refractivity contribution in [2.45, 2.75) is 26.4 Å². The second kappa shape index (κ2) is 5.31. The van der Waals surface area contributed by atoms with Gasteiger partial charge in [-0.1, -0.05) is 12.1 Å². The van der Waals surface area contributed by atoms with E-state index in [9.17, 15) is 0 Å². The van der Waals surface area contributed by atoms with Crippen LogP contribution >= 0.6 is 11.3 Å². The van der Waals surface area contributed by atoms with Crippen LogP contribution in [-0.2, 0) is 19.5 Å². The van der Waals surface area contributed by atoms with Gasteiger partial charge in [0.25, 0.3) is 0 Å². The number of fused-ring (bicyclic) bond motifs is 1. The van der Waals surface area contributed by atoms with Gasteiger partial charge in [0.15, 0.2) is 0 Å². The zero-order valence-electron chi connectivity index (χ0n) is 11.4. The Morgan fingerprint density at radius 3 is 3.05 bits per heavy atom. The van der Waals surface area contributed by atoms with Crippen molar-refractivity contribution in [3.8, 4) is 0 Å². The average molecular weight is 273 g/mol. The molecule has 1 N–H and O–H groups in total. The quantitative estimate of drug-likeness (QED) is 0.928. The first-order valence-electron chi connectivity index (χ1n) is 6.66. The number of thiazole rings is 1. The maximum Gasteiger partial charge on any atom is 0.0897 e. The summed E-state index contributed by atoms with van der Waals surface area (Å²) in [4.78, 5) is 6.83. The molecular weight excluding hydrogens is 254 g/mol. The molecule has 0 aliphatic carbocycles. The summed E-state index contributed by atoms with van der Waals surface area (Å²) in [5, 5.41) is 6.73. The zero-order valence-corrected chi connectivity index (χ0v) is 12.3. The fourth-order valence-electron chi connectivity index (χ4n) is 2.56. The summed E-state index contributed by atoms with van der Waals surface area (Å²) >= 11 is 1.72. The van der Waals surface area contributed by atoms with Crippen molar-refractivity contribution < 1.29 is 0 Å². The van der Waals surface area contributed by atoms with E-state index in [-0.39, 0.29) is 0 Å². The number of hydrogen-bond donors (Lipinski definition) is 1. The molecule has 100 valence electrons. The number of anilines is 1. The van der Waals surface area contributed by atoms with E-state index in [1.165, 1.54) is 22.5 Å². The van der Waals surface area contributed by atoms with Crippen molar-refractivity contribution in [1.82, 2.24) is 9.88 Å². The highest BCUT2D eigenvalue weighted by Crippen LogP contribution is 2.24. The topological polar surface area (TPSA) is 28.2 Å². The second-order valence-electron chi connectivity index (χ2n) is 5.20. The molecule has 2 heterocycles. The van der Waals surface area contributed by atoms with Crippen LogP contribution in [0.5, 0.6) is 0 Å². The molecule has 1 aliphatic heterocycles. The smallest absolute Gasteiger partial charge is 0.0897 e. The first kappa shape index (κ1) is 12.6. The van der Waals surface area contributed by atoms with Crippen molar-refractivity contribution in [1.29, 1.82) is 0 Å². The van der Waals surface area contributed by atoms with Gasteiger partial charge in [0, 0.05) is 30.7 Å². The molecule has 0 atom stereocenters. The van der Waals surface area contributed by atoms with Gasteiger partial charge < -0.3 is 5.32 Å². The van der Waals surface area contributed by atoms with E-state index in [4.69, 9.17) is 0 Å². The standard InChI is InChI=1S/C15H19N3S/c1-11-17-14(10-19-11)9-18(2)8-12-3-4-13-5-6-16-15(13)7-12/h3-4,7,10,16H,5-6,8-9H2,1-2H3. The molecule has 0 saturated heterocycles. The SMILES string of the molecule is Cc1nc(CN(C)Cc2ccc3c(c2)NCC3)cs1. The van der Waals surface area contributed by atoms with Crippen molar-refractivity contribution in [2.75, 3.05) is 18.9 Å². The summed E-state index contributed by atoms with van der Waals surface area (Å²) in [7, 11) is 2.15. The molecular formula is C15H19N3S. The summed E-state index contributed by atoms with van der Waals surface area (Å²) in [6, 6.07) is 6.78. The molecule has 19 heavy (non-hydrogen) atoms. The number of rotatable bonds is 4. The van der Waals surface area contributed by atoms with Crippen molar-refractivity contribution in [3.63, 3.8) is 0 Å². The van der Waals surface area contributed by atoms with E-state index >= 15 is 0 Å². The molecule has 1 aromatic carbocycles. The van der Waals surface area contributed by atoms with Gasteiger partial charge in [-0.05, 0) is 37.6 Å². The van der Waals surface area contributed by atoms with Gasteiger partial charge in [-0.15, -0.1) is 11.3 Å². The molecule has 0 spiro atoms. The van der Waals surface area contributed by atoms with Crippen molar-refractivity contribution in [2.24, 2.45) is 0 Å². The van der Waals surface area contributed by atoms with E-state index in [1.807, 2.05) is 0 Å². The molecule has 0 radical (unpaired) electrons. The third kappa shape index (κ3) is 2.96. The molecule has 2 aromatic rings. The Hall–Kier alpha value is -1.39. The van der Waals surface area contributed by atoms with Crippen molar-refractivity contribution >= 4 is 17.0 Å². The van der Waals surface area contributed by atoms with Gasteiger partial charge in [0.2, 0.25) is 0 Å². The molecule has 1 aliphatic rings. The summed E-state index contributed by atoms with van der Waals surface area (Å²) < 4.78 is 0. The summed E-state index contributed by atoms with van der Waals surface area (Å²) in [6.45, 7) is 5.01. The van der Waals surface area contributed by atoms with Crippen LogP contribution in [0.1, 0.15) is 21.8 Å². The number of aryl methyl sites for hydroxylation is 1. The second-order valence-corrected chi connectivity index (χ2v) is 6.26. The lowest BCUT2D eigenvalue weighted by atomic mass is 10.1. The minimum atomic E-state index is 0.912. The number of benzene rings is 1. The predicted molar refractivity (Wildman–Crippen MR) is 80.7 cm³/mol. The molecule has 0 unspecified atom stereocenters. The van der Waals surface area contributed by atoms with Gasteiger partial charge in [-0.25, -0.2) is 4.98 Å². The van der Waals surface area contributed by atoms with E-state index in [2.05, 4.69) is 52.8 Å². The summed E-state index contributed by atoms with van der Waals surface area (Å²) in [6.07, 6.45) is 1.16. The van der Waals surface area contributed by atoms with E-state index in [1.54, 1.807) is 11.3 Å². The van der Waals surface area contributed by atoms with Crippen LogP contribution in [0.2, 0.25) is 0 Å². The molecule has 4 heteroatoms. The number of nitrogens with one attached hydrogen (secondary N) is 1. The van der Waals surface area contributed by atoms with Crippen LogP contribution in [0, 0.1) is 6.92 Å². The Morgan fingerprint density at radius 1 is 1.37 bits per heavy atom. The molecule has 1 aromatic heterocycles. The minimum absolute atomic E-state index is 0.912. The Balaban J connectivity index is 1.64. The summed E-state index contributed by atoms with van der Waals surface area (Å²) in [5.74, 6) is 0. The lowest BCUT2D eigenvalue weighted by Gasteiger charge is -2.16. The maximum atomic E-state index is 4.51. The molecule has 0 fully saturated rings. The largest absolute Gasteiger partial charge is 0.384 e. The van der Waals surface area contributed by atoms with Crippen LogP contribution in [0.3, 0.4) is 0 Å². The van der Waals surface area contributed by atoms with Crippen LogP contribution in [-0.4, -0.2) is 23.5 Å². The Labute approximate surface area is 118 Å². The maximum absolute atomic E-state index is 4.51. The Bertz CT molecular complexity index is 577. The molecule has 0 bridgehead atoms. The Morgan fingerprint density at radius 2 is 2.26 bits per heavy atom. The minimum Gasteiger partial charge on any atom is -0.384 e. The third-order valence-corrected chi connectivity index (χ3v) is 4.26. The molecule has 3 rings (SSSR count). The highest BCUT2D eigenvalue weighted by Gasteiger charge is 2.11. The summed E-state index contributed by atoms with van der Waals surface area (Å²) in [5.41, 5.74) is 5.30. The molecule has 0 amide bonds. The van der Waals surface area contributed by atoms with Crippen molar-refractivity contribution in [3.05, 3.63) is 45.4 Å². The number of aromatic nitrogens is 1. The van der Waals surface area contributed by atoms with E-state index in [0.717, 1.165) is 31.1 Å². The number of hydrogen-bond acceptors (Lipinski definition) is 4. The van der Waals surface area contributed by atoms with Gasteiger partial charge in [0.05, 0.1) is 10.7 Å². The van der Waals surface area contributed by atoms with Gasteiger partial charge in [-0.3, -0.25) is 4.90 Å². The number of nitrogens with zero attached hydrogens (tertiary/aromatic N) is 2. The van der Waals surface area contributed by atoms with Crippen LogP contribution < -0.4 is 5.32 Å². The van der Waals surface area contributed by atoms with E-state index < -0.39 is 0 Å². The van der Waals surface area contributed by atoms with Gasteiger partial charge in [0.1, 0.15) is 0 Å². The highest BCUT2D eigenvalue weighted by molar-refractivity contribution is 7.09. The van der Waals surface area contributed by atoms with Gasteiger partial charge >= 0.3 is 0 Å². The Kier molecular flexibility index (Phi) is 3.53. The molecule has 3 nitrogen and oxygen atoms in total. The average Bonchev–Trinajstić information content (AvgIpc) is 2.97. The lowest BCUT2D eigenvalue weighted by Crippen LogP contribution is -2.17. The monoisotopic (exact) mass is 273 g/mol. The van der Waals surface area contributed by atoms with Crippen LogP contribution in [0.4, 0.5) is 5.69 Å². The van der Waals surface area contributed by atoms with E-state index in [0.29, 0.717) is 0 Å². The van der Waals surface area contributed by atoms with Gasteiger partial charge in [-0.2, -0.15) is 0 Å². The van der Waals surface area contributed by atoms with Crippen LogP contribution in [0.15, 0.2) is 23.6 Å². The first-order valence-corrected chi connectivity index (χ1v) is 7.54. The highest BCUT2D eigenvalue weighted by atomic mass is 32.1. The lowest BCUT2D eigenvalue weighted by molar-refractivity contribution is 0.315. The third-order valence-electron chi connectivity index (χ3n) is 3.44. The first-order chi connectivity index (χ1) is 9.20. The molecule has 0 saturated carbocycles. The zero-order chi connectivity index (χ0) is 13.2. The predicted octanol–water partition coefficient (Wildman–Crippen LogP) is 3.05. The fourth-order valence-corrected chi connectivity index (χ4v) is 3.17. The fraction of sp³-hybridized carbons (Fsp3) is 0.400.